The Bertz CT molecular complexity index is 371. The molecule has 1 nitrogen and oxygen atoms in total. The lowest BCUT2D eigenvalue weighted by Crippen LogP contribution is -2.39. The van der Waals surface area contributed by atoms with Gasteiger partial charge < -0.3 is 5.32 Å². The average molecular weight is 302 g/mol. The van der Waals surface area contributed by atoms with Crippen LogP contribution in [0.15, 0.2) is 22.7 Å². The van der Waals surface area contributed by atoms with Gasteiger partial charge in [-0.25, -0.2) is 4.39 Å². The Labute approximate surface area is 112 Å². The van der Waals surface area contributed by atoms with Crippen LogP contribution in [0.2, 0.25) is 0 Å². The van der Waals surface area contributed by atoms with Crippen LogP contribution in [0, 0.1) is 11.7 Å². The van der Waals surface area contributed by atoms with Gasteiger partial charge >= 0.3 is 0 Å². The zero-order valence-electron chi connectivity index (χ0n) is 11.0. The van der Waals surface area contributed by atoms with Gasteiger partial charge in [-0.05, 0) is 57.4 Å². The van der Waals surface area contributed by atoms with E-state index in [1.54, 1.807) is 0 Å². The minimum absolute atomic E-state index is 0.147. The predicted octanol–water partition coefficient (Wildman–Crippen LogP) is 4.15. The van der Waals surface area contributed by atoms with Crippen molar-refractivity contribution in [1.29, 1.82) is 0 Å². The summed E-state index contributed by atoms with van der Waals surface area (Å²) in [4.78, 5) is 0. The van der Waals surface area contributed by atoms with Crippen molar-refractivity contribution in [1.82, 2.24) is 5.32 Å². The van der Waals surface area contributed by atoms with Crippen molar-refractivity contribution < 1.29 is 4.39 Å². The van der Waals surface area contributed by atoms with Gasteiger partial charge in [-0.15, -0.1) is 0 Å². The van der Waals surface area contributed by atoms with Gasteiger partial charge in [0.2, 0.25) is 0 Å². The summed E-state index contributed by atoms with van der Waals surface area (Å²) in [6, 6.07) is 4.90. The van der Waals surface area contributed by atoms with Crippen LogP contribution in [0.25, 0.3) is 0 Å². The van der Waals surface area contributed by atoms with Crippen LogP contribution in [0.3, 0.4) is 0 Å². The van der Waals surface area contributed by atoms with Gasteiger partial charge in [0.25, 0.3) is 0 Å². The maximum absolute atomic E-state index is 12.9. The maximum atomic E-state index is 12.9. The van der Waals surface area contributed by atoms with Crippen LogP contribution >= 0.6 is 15.9 Å². The fourth-order valence-electron chi connectivity index (χ4n) is 1.62. The molecule has 0 aliphatic carbocycles. The first-order valence-electron chi connectivity index (χ1n) is 5.97. The molecule has 0 aliphatic rings. The zero-order valence-corrected chi connectivity index (χ0v) is 12.6. The second kappa shape index (κ2) is 5.96. The Morgan fingerprint density at radius 2 is 2.00 bits per heavy atom. The first-order valence-corrected chi connectivity index (χ1v) is 6.76. The van der Waals surface area contributed by atoms with E-state index in [2.05, 4.69) is 48.9 Å². The van der Waals surface area contributed by atoms with Gasteiger partial charge in [0.15, 0.2) is 0 Å². The highest BCUT2D eigenvalue weighted by molar-refractivity contribution is 9.10. The van der Waals surface area contributed by atoms with Crippen molar-refractivity contribution in [2.45, 2.75) is 39.7 Å². The third-order valence-corrected chi connectivity index (χ3v) is 3.30. The molecule has 0 saturated heterocycles. The van der Waals surface area contributed by atoms with Crippen LogP contribution in [0.4, 0.5) is 4.39 Å². The summed E-state index contributed by atoms with van der Waals surface area (Å²) in [6.45, 7) is 9.65. The van der Waals surface area contributed by atoms with Gasteiger partial charge in [0.05, 0.1) is 0 Å². The number of rotatable bonds is 4. The average Bonchev–Trinajstić information content (AvgIpc) is 2.18. The van der Waals surface area contributed by atoms with Crippen LogP contribution in [-0.2, 0) is 6.42 Å². The maximum Gasteiger partial charge on any atom is 0.124 e. The topological polar surface area (TPSA) is 12.0 Å². The molecular weight excluding hydrogens is 281 g/mol. The molecule has 96 valence electrons. The third kappa shape index (κ3) is 5.64. The molecule has 0 heterocycles. The monoisotopic (exact) mass is 301 g/mol. The van der Waals surface area contributed by atoms with Gasteiger partial charge in [-0.2, -0.15) is 0 Å². The fraction of sp³-hybridized carbons (Fsp3) is 0.571. The number of nitrogens with one attached hydrogen (secondary N) is 1. The predicted molar refractivity (Wildman–Crippen MR) is 74.7 cm³/mol. The van der Waals surface area contributed by atoms with E-state index in [1.165, 1.54) is 12.1 Å². The second-order valence-electron chi connectivity index (χ2n) is 5.68. The SMILES string of the molecule is CC(CNC(C)(C)C)Cc1ccc(F)cc1Br. The Hall–Kier alpha value is -0.410. The highest BCUT2D eigenvalue weighted by atomic mass is 79.9. The molecule has 0 saturated carbocycles. The van der Waals surface area contributed by atoms with E-state index in [9.17, 15) is 4.39 Å². The normalized spacial score (nSPS) is 13.8. The minimum atomic E-state index is -0.193. The number of hydrogen-bond acceptors (Lipinski definition) is 1. The van der Waals surface area contributed by atoms with Crippen molar-refractivity contribution in [3.63, 3.8) is 0 Å². The first kappa shape index (κ1) is 14.7. The molecule has 1 aromatic carbocycles. The van der Waals surface area contributed by atoms with Gasteiger partial charge in [0, 0.05) is 10.0 Å². The summed E-state index contributed by atoms with van der Waals surface area (Å²) in [5.74, 6) is 0.331. The Kier molecular flexibility index (Phi) is 5.14. The van der Waals surface area contributed by atoms with E-state index in [0.29, 0.717) is 5.92 Å². The van der Waals surface area contributed by atoms with Crippen LogP contribution in [-0.4, -0.2) is 12.1 Å². The summed E-state index contributed by atoms with van der Waals surface area (Å²) in [6.07, 6.45) is 0.948. The molecule has 1 unspecified atom stereocenters. The lowest BCUT2D eigenvalue weighted by Gasteiger charge is -2.23. The highest BCUT2D eigenvalue weighted by Gasteiger charge is 2.12. The molecule has 0 amide bonds. The van der Waals surface area contributed by atoms with Gasteiger partial charge in [0.1, 0.15) is 5.82 Å². The number of hydrogen-bond donors (Lipinski definition) is 1. The molecule has 3 heteroatoms. The van der Waals surface area contributed by atoms with Crippen LogP contribution in [0.1, 0.15) is 33.3 Å². The lowest BCUT2D eigenvalue weighted by atomic mass is 9.99. The third-order valence-electron chi connectivity index (χ3n) is 2.56. The summed E-state index contributed by atoms with van der Waals surface area (Å²) >= 11 is 3.41. The highest BCUT2D eigenvalue weighted by Crippen LogP contribution is 2.21. The van der Waals surface area contributed by atoms with Crippen molar-refractivity contribution in [2.24, 2.45) is 5.92 Å². The van der Waals surface area contributed by atoms with E-state index < -0.39 is 0 Å². The molecule has 1 aromatic rings. The summed E-state index contributed by atoms with van der Waals surface area (Å²) in [5, 5.41) is 3.48. The molecule has 0 spiro atoms. The van der Waals surface area contributed by atoms with E-state index in [0.717, 1.165) is 23.0 Å². The molecule has 17 heavy (non-hydrogen) atoms. The van der Waals surface area contributed by atoms with Crippen molar-refractivity contribution >= 4 is 15.9 Å². The standard InChI is InChI=1S/C14H21BrFN/c1-10(9-17-14(2,3)4)7-11-5-6-12(16)8-13(11)15/h5-6,8,10,17H,7,9H2,1-4H3. The number of benzene rings is 1. The second-order valence-corrected chi connectivity index (χ2v) is 6.53. The molecule has 0 aliphatic heterocycles. The molecule has 0 fully saturated rings. The van der Waals surface area contributed by atoms with Crippen LogP contribution < -0.4 is 5.32 Å². The summed E-state index contributed by atoms with van der Waals surface area (Å²) in [7, 11) is 0. The summed E-state index contributed by atoms with van der Waals surface area (Å²) < 4.78 is 13.8. The molecule has 1 atom stereocenters. The molecule has 1 rings (SSSR count). The molecule has 0 bridgehead atoms. The smallest absolute Gasteiger partial charge is 0.124 e. The molecule has 0 radical (unpaired) electrons. The zero-order chi connectivity index (χ0) is 13.1. The Balaban J connectivity index is 2.53. The van der Waals surface area contributed by atoms with E-state index >= 15 is 0 Å². The molecule has 1 N–H and O–H groups in total. The largest absolute Gasteiger partial charge is 0.312 e. The molecule has 0 aromatic heterocycles. The quantitative estimate of drug-likeness (QED) is 0.881. The van der Waals surface area contributed by atoms with Crippen molar-refractivity contribution in [2.75, 3.05) is 6.54 Å². The van der Waals surface area contributed by atoms with E-state index in [1.807, 2.05) is 6.07 Å². The number of halogens is 2. The van der Waals surface area contributed by atoms with Gasteiger partial charge in [-0.1, -0.05) is 28.9 Å². The lowest BCUT2D eigenvalue weighted by molar-refractivity contribution is 0.381. The molecular formula is C14H21BrFN. The fourth-order valence-corrected chi connectivity index (χ4v) is 2.13. The van der Waals surface area contributed by atoms with Crippen molar-refractivity contribution in [3.8, 4) is 0 Å². The summed E-state index contributed by atoms with van der Waals surface area (Å²) in [5.41, 5.74) is 1.31. The van der Waals surface area contributed by atoms with E-state index in [-0.39, 0.29) is 11.4 Å². The van der Waals surface area contributed by atoms with Crippen molar-refractivity contribution in [3.05, 3.63) is 34.1 Å². The van der Waals surface area contributed by atoms with Crippen LogP contribution in [0.5, 0.6) is 0 Å². The minimum Gasteiger partial charge on any atom is -0.312 e. The Morgan fingerprint density at radius 3 is 2.53 bits per heavy atom. The van der Waals surface area contributed by atoms with Gasteiger partial charge in [-0.3, -0.25) is 0 Å². The van der Waals surface area contributed by atoms with E-state index in [4.69, 9.17) is 0 Å². The Morgan fingerprint density at radius 1 is 1.35 bits per heavy atom. The first-order chi connectivity index (χ1) is 7.78.